The zero-order valence-electron chi connectivity index (χ0n) is 12.0. The highest BCUT2D eigenvalue weighted by molar-refractivity contribution is 7.22. The van der Waals surface area contributed by atoms with Crippen LogP contribution in [0.25, 0.3) is 10.2 Å². The highest BCUT2D eigenvalue weighted by Crippen LogP contribution is 2.30. The second-order valence-corrected chi connectivity index (χ2v) is 6.11. The van der Waals surface area contributed by atoms with E-state index in [-0.39, 0.29) is 6.61 Å². The number of aliphatic hydroxyl groups excluding tert-OH is 1. The molecule has 0 spiro atoms. The summed E-state index contributed by atoms with van der Waals surface area (Å²) in [4.78, 5) is 6.84. The summed E-state index contributed by atoms with van der Waals surface area (Å²) >= 11 is 1.68. The molecule has 1 heterocycles. The zero-order chi connectivity index (χ0) is 14.7. The summed E-state index contributed by atoms with van der Waals surface area (Å²) in [7, 11) is 0. The van der Waals surface area contributed by atoms with E-state index in [0.29, 0.717) is 6.54 Å². The number of fused-ring (bicyclic) bond motifs is 1. The molecular weight excluding hydrogens is 280 g/mol. The number of benzene rings is 2. The largest absolute Gasteiger partial charge is 0.395 e. The fourth-order valence-corrected chi connectivity index (χ4v) is 3.41. The maximum absolute atomic E-state index is 9.33. The molecule has 0 amide bonds. The molecule has 0 unspecified atom stereocenters. The molecule has 0 fully saturated rings. The van der Waals surface area contributed by atoms with Gasteiger partial charge < -0.3 is 10.0 Å². The van der Waals surface area contributed by atoms with Crippen molar-refractivity contribution in [3.05, 3.63) is 59.7 Å². The summed E-state index contributed by atoms with van der Waals surface area (Å²) in [5, 5.41) is 10.3. The van der Waals surface area contributed by atoms with Crippen molar-refractivity contribution < 1.29 is 5.11 Å². The predicted molar refractivity (Wildman–Crippen MR) is 88.9 cm³/mol. The van der Waals surface area contributed by atoms with Gasteiger partial charge in [-0.1, -0.05) is 47.7 Å². The van der Waals surface area contributed by atoms with Crippen LogP contribution in [0.5, 0.6) is 0 Å². The number of hydrogen-bond acceptors (Lipinski definition) is 4. The van der Waals surface area contributed by atoms with Gasteiger partial charge in [0.05, 0.1) is 16.8 Å². The molecule has 3 rings (SSSR count). The molecular formula is C17H18N2OS. The topological polar surface area (TPSA) is 36.4 Å². The third-order valence-electron chi connectivity index (χ3n) is 3.39. The van der Waals surface area contributed by atoms with Crippen LogP contribution in [-0.4, -0.2) is 23.2 Å². The summed E-state index contributed by atoms with van der Waals surface area (Å²) in [6, 6.07) is 16.6. The lowest BCUT2D eigenvalue weighted by Gasteiger charge is -2.20. The monoisotopic (exact) mass is 298 g/mol. The van der Waals surface area contributed by atoms with E-state index in [4.69, 9.17) is 4.98 Å². The van der Waals surface area contributed by atoms with Crippen LogP contribution in [0.15, 0.2) is 48.5 Å². The number of anilines is 1. The van der Waals surface area contributed by atoms with Crippen LogP contribution >= 0.6 is 11.3 Å². The minimum absolute atomic E-state index is 0.127. The summed E-state index contributed by atoms with van der Waals surface area (Å²) in [6.45, 7) is 3.57. The first kappa shape index (κ1) is 14.0. The van der Waals surface area contributed by atoms with Crippen molar-refractivity contribution >= 4 is 26.7 Å². The summed E-state index contributed by atoms with van der Waals surface area (Å²) < 4.78 is 1.20. The summed E-state index contributed by atoms with van der Waals surface area (Å²) in [5.41, 5.74) is 3.49. The first-order chi connectivity index (χ1) is 10.3. The molecule has 0 saturated carbocycles. The molecule has 1 N–H and O–H groups in total. The van der Waals surface area contributed by atoms with Crippen molar-refractivity contribution in [2.75, 3.05) is 18.1 Å². The number of rotatable bonds is 5. The standard InChI is InChI=1S/C17H18N2OS/c1-13-7-8-15-16(11-13)21-17(18-15)19(9-10-20)12-14-5-3-2-4-6-14/h2-8,11,20H,9-10,12H2,1H3. The second kappa shape index (κ2) is 6.24. The van der Waals surface area contributed by atoms with E-state index in [1.54, 1.807) is 11.3 Å². The normalized spacial score (nSPS) is 11.0. The fourth-order valence-electron chi connectivity index (χ4n) is 2.32. The Labute approximate surface area is 128 Å². The number of hydrogen-bond donors (Lipinski definition) is 1. The predicted octanol–water partition coefficient (Wildman–Crippen LogP) is 3.60. The number of nitrogens with zero attached hydrogens (tertiary/aromatic N) is 2. The van der Waals surface area contributed by atoms with Crippen LogP contribution in [0.3, 0.4) is 0 Å². The van der Waals surface area contributed by atoms with Crippen molar-refractivity contribution in [3.63, 3.8) is 0 Å². The van der Waals surface area contributed by atoms with Crippen molar-refractivity contribution in [1.82, 2.24) is 4.98 Å². The Hall–Kier alpha value is -1.91. The van der Waals surface area contributed by atoms with Crippen LogP contribution in [0, 0.1) is 6.92 Å². The molecule has 1 aromatic heterocycles. The minimum Gasteiger partial charge on any atom is -0.395 e. The highest BCUT2D eigenvalue weighted by atomic mass is 32.1. The Morgan fingerprint density at radius 1 is 1.14 bits per heavy atom. The Bertz CT molecular complexity index is 724. The molecule has 0 radical (unpaired) electrons. The SMILES string of the molecule is Cc1ccc2nc(N(CCO)Cc3ccccc3)sc2c1. The summed E-state index contributed by atoms with van der Waals surface area (Å²) in [6.07, 6.45) is 0. The molecule has 0 aliphatic rings. The van der Waals surface area contributed by atoms with E-state index < -0.39 is 0 Å². The van der Waals surface area contributed by atoms with Gasteiger partial charge in [0.1, 0.15) is 0 Å². The van der Waals surface area contributed by atoms with Gasteiger partial charge in [0.2, 0.25) is 0 Å². The van der Waals surface area contributed by atoms with E-state index in [2.05, 4.69) is 42.2 Å². The molecule has 0 atom stereocenters. The molecule has 21 heavy (non-hydrogen) atoms. The maximum Gasteiger partial charge on any atom is 0.186 e. The van der Waals surface area contributed by atoms with Crippen LogP contribution in [0.1, 0.15) is 11.1 Å². The van der Waals surface area contributed by atoms with Crippen LogP contribution in [0.4, 0.5) is 5.13 Å². The smallest absolute Gasteiger partial charge is 0.186 e. The van der Waals surface area contributed by atoms with E-state index >= 15 is 0 Å². The number of aryl methyl sites for hydroxylation is 1. The van der Waals surface area contributed by atoms with Crippen molar-refractivity contribution in [3.8, 4) is 0 Å². The van der Waals surface area contributed by atoms with Gasteiger partial charge in [0.25, 0.3) is 0 Å². The van der Waals surface area contributed by atoms with Crippen LogP contribution < -0.4 is 4.90 Å². The lowest BCUT2D eigenvalue weighted by Crippen LogP contribution is -2.25. The van der Waals surface area contributed by atoms with Gasteiger partial charge >= 0.3 is 0 Å². The molecule has 3 nitrogen and oxygen atoms in total. The Balaban J connectivity index is 1.91. The van der Waals surface area contributed by atoms with E-state index in [1.165, 1.54) is 15.8 Å². The Morgan fingerprint density at radius 2 is 1.95 bits per heavy atom. The quantitative estimate of drug-likeness (QED) is 0.782. The van der Waals surface area contributed by atoms with Gasteiger partial charge in [-0.15, -0.1) is 0 Å². The third-order valence-corrected chi connectivity index (χ3v) is 4.47. The minimum atomic E-state index is 0.127. The lowest BCUT2D eigenvalue weighted by molar-refractivity contribution is 0.301. The highest BCUT2D eigenvalue weighted by Gasteiger charge is 2.12. The molecule has 0 aliphatic heterocycles. The van der Waals surface area contributed by atoms with Gasteiger partial charge in [-0.3, -0.25) is 0 Å². The molecule has 0 saturated heterocycles. The average Bonchev–Trinajstić information content (AvgIpc) is 2.91. The maximum atomic E-state index is 9.33. The third kappa shape index (κ3) is 3.23. The van der Waals surface area contributed by atoms with Gasteiger partial charge in [-0.25, -0.2) is 4.98 Å². The number of thiazole rings is 1. The average molecular weight is 298 g/mol. The van der Waals surface area contributed by atoms with Gasteiger partial charge in [0.15, 0.2) is 5.13 Å². The molecule has 108 valence electrons. The van der Waals surface area contributed by atoms with Gasteiger partial charge in [0, 0.05) is 13.1 Å². The first-order valence-corrected chi connectivity index (χ1v) is 7.85. The van der Waals surface area contributed by atoms with Crippen LogP contribution in [-0.2, 0) is 6.54 Å². The van der Waals surface area contributed by atoms with Crippen molar-refractivity contribution in [2.45, 2.75) is 13.5 Å². The Morgan fingerprint density at radius 3 is 2.71 bits per heavy atom. The van der Waals surface area contributed by atoms with E-state index in [9.17, 15) is 5.11 Å². The number of aromatic nitrogens is 1. The van der Waals surface area contributed by atoms with E-state index in [0.717, 1.165) is 17.2 Å². The molecule has 3 aromatic rings. The van der Waals surface area contributed by atoms with Crippen LogP contribution in [0.2, 0.25) is 0 Å². The fraction of sp³-hybridized carbons (Fsp3) is 0.235. The lowest BCUT2D eigenvalue weighted by atomic mass is 10.2. The van der Waals surface area contributed by atoms with Crippen molar-refractivity contribution in [1.29, 1.82) is 0 Å². The molecule has 0 bridgehead atoms. The molecule has 4 heteroatoms. The zero-order valence-corrected chi connectivity index (χ0v) is 12.8. The first-order valence-electron chi connectivity index (χ1n) is 7.03. The van der Waals surface area contributed by atoms with Gasteiger partial charge in [-0.05, 0) is 30.2 Å². The molecule has 0 aliphatic carbocycles. The second-order valence-electron chi connectivity index (χ2n) is 5.10. The number of aliphatic hydroxyl groups is 1. The summed E-state index contributed by atoms with van der Waals surface area (Å²) in [5.74, 6) is 0. The van der Waals surface area contributed by atoms with Crippen molar-refractivity contribution in [2.24, 2.45) is 0 Å². The van der Waals surface area contributed by atoms with E-state index in [1.807, 2.05) is 18.2 Å². The Kier molecular flexibility index (Phi) is 4.18. The molecule has 2 aromatic carbocycles. The van der Waals surface area contributed by atoms with Gasteiger partial charge in [-0.2, -0.15) is 0 Å².